The van der Waals surface area contributed by atoms with Crippen molar-refractivity contribution in [1.82, 2.24) is 0 Å². The molecule has 0 radical (unpaired) electrons. The number of rotatable bonds is 5. The van der Waals surface area contributed by atoms with Gasteiger partial charge in [0.2, 0.25) is 11.4 Å². The third-order valence-corrected chi connectivity index (χ3v) is 5.47. The quantitative estimate of drug-likeness (QED) is 0.345. The van der Waals surface area contributed by atoms with Gasteiger partial charge in [0.15, 0.2) is 5.76 Å². The van der Waals surface area contributed by atoms with E-state index in [1.54, 1.807) is 12.1 Å². The van der Waals surface area contributed by atoms with Crippen LogP contribution in [0.25, 0.3) is 11.1 Å². The fourth-order valence-corrected chi connectivity index (χ4v) is 3.71. The van der Waals surface area contributed by atoms with Crippen LogP contribution in [0.1, 0.15) is 23.6 Å². The van der Waals surface area contributed by atoms with E-state index in [-0.39, 0.29) is 11.3 Å². The zero-order valence-corrected chi connectivity index (χ0v) is 16.6. The van der Waals surface area contributed by atoms with Crippen molar-refractivity contribution in [3.05, 3.63) is 111 Å². The molecular weight excluding hydrogens is 398 g/mol. The number of carbonyl (C=O) groups excluding carboxylic acids is 1. The SMILES string of the molecule is CCc1ccc(-c2ccc(C3(c4ccc([N+](=O)[O-])cc4)OC(=O)C(O)=C3O)cc2)cc1. The van der Waals surface area contributed by atoms with Gasteiger partial charge in [-0.25, -0.2) is 4.79 Å². The largest absolute Gasteiger partial charge is 0.504 e. The van der Waals surface area contributed by atoms with E-state index in [0.29, 0.717) is 5.56 Å². The minimum absolute atomic E-state index is 0.151. The van der Waals surface area contributed by atoms with Crippen LogP contribution in [0.2, 0.25) is 0 Å². The second kappa shape index (κ2) is 7.60. The zero-order valence-electron chi connectivity index (χ0n) is 16.6. The predicted molar refractivity (Wildman–Crippen MR) is 114 cm³/mol. The van der Waals surface area contributed by atoms with Crippen LogP contribution in [0.3, 0.4) is 0 Å². The number of carbonyl (C=O) groups is 1. The Morgan fingerprint density at radius 1 is 0.871 bits per heavy atom. The topological polar surface area (TPSA) is 110 Å². The van der Waals surface area contributed by atoms with Gasteiger partial charge in [0.05, 0.1) is 4.92 Å². The molecule has 1 aliphatic heterocycles. The number of benzene rings is 3. The van der Waals surface area contributed by atoms with E-state index in [1.165, 1.54) is 29.8 Å². The summed E-state index contributed by atoms with van der Waals surface area (Å²) in [5.74, 6) is -2.63. The molecule has 3 aromatic carbocycles. The molecule has 156 valence electrons. The van der Waals surface area contributed by atoms with E-state index in [1.807, 2.05) is 36.4 Å². The lowest BCUT2D eigenvalue weighted by Gasteiger charge is -2.29. The molecule has 7 heteroatoms. The van der Waals surface area contributed by atoms with Crippen molar-refractivity contribution in [2.24, 2.45) is 0 Å². The standard InChI is InChI=1S/C24H19NO6/c1-2-15-3-5-16(6-4-15)17-7-9-18(10-8-17)24(22(27)21(26)23(28)31-24)19-11-13-20(14-12-19)25(29)30/h3-14,26-27H,2H2,1H3. The second-order valence-electron chi connectivity index (χ2n) is 7.20. The number of aliphatic hydroxyl groups is 2. The van der Waals surface area contributed by atoms with Crippen molar-refractivity contribution in [2.45, 2.75) is 18.9 Å². The summed E-state index contributed by atoms with van der Waals surface area (Å²) in [4.78, 5) is 22.5. The highest BCUT2D eigenvalue weighted by atomic mass is 16.6. The van der Waals surface area contributed by atoms with Crippen molar-refractivity contribution in [3.63, 3.8) is 0 Å². The van der Waals surface area contributed by atoms with Crippen LogP contribution in [-0.2, 0) is 21.6 Å². The molecule has 1 aliphatic rings. The Kier molecular flexibility index (Phi) is 4.94. The Balaban J connectivity index is 1.79. The highest BCUT2D eigenvalue weighted by molar-refractivity contribution is 5.91. The Labute approximate surface area is 178 Å². The van der Waals surface area contributed by atoms with E-state index in [9.17, 15) is 25.1 Å². The number of non-ortho nitro benzene ring substituents is 1. The molecular formula is C24H19NO6. The van der Waals surface area contributed by atoms with Gasteiger partial charge in [0, 0.05) is 23.3 Å². The maximum Gasteiger partial charge on any atom is 0.378 e. The molecule has 7 nitrogen and oxygen atoms in total. The third kappa shape index (κ3) is 3.30. The molecule has 0 bridgehead atoms. The number of cyclic esters (lactones) is 1. The molecule has 0 aliphatic carbocycles. The molecule has 0 aromatic heterocycles. The number of nitrogens with zero attached hydrogens (tertiary/aromatic N) is 1. The van der Waals surface area contributed by atoms with Crippen LogP contribution in [0.5, 0.6) is 0 Å². The summed E-state index contributed by atoms with van der Waals surface area (Å²) in [5.41, 5.74) is 1.86. The molecule has 1 atom stereocenters. The van der Waals surface area contributed by atoms with Gasteiger partial charge in [-0.15, -0.1) is 0 Å². The molecule has 1 heterocycles. The van der Waals surface area contributed by atoms with Gasteiger partial charge in [-0.3, -0.25) is 10.1 Å². The molecule has 2 N–H and O–H groups in total. The minimum Gasteiger partial charge on any atom is -0.504 e. The van der Waals surface area contributed by atoms with Gasteiger partial charge in [0.25, 0.3) is 5.69 Å². The number of nitro groups is 1. The monoisotopic (exact) mass is 417 g/mol. The highest BCUT2D eigenvalue weighted by Crippen LogP contribution is 2.45. The fourth-order valence-electron chi connectivity index (χ4n) is 3.71. The minimum atomic E-state index is -1.79. The van der Waals surface area contributed by atoms with Gasteiger partial charge in [-0.2, -0.15) is 0 Å². The lowest BCUT2D eigenvalue weighted by Crippen LogP contribution is -2.31. The van der Waals surface area contributed by atoms with Crippen molar-refractivity contribution in [2.75, 3.05) is 0 Å². The molecule has 0 amide bonds. The lowest BCUT2D eigenvalue weighted by molar-refractivity contribution is -0.384. The second-order valence-corrected chi connectivity index (χ2v) is 7.20. The van der Waals surface area contributed by atoms with Crippen molar-refractivity contribution >= 4 is 11.7 Å². The Morgan fingerprint density at radius 3 is 1.77 bits per heavy atom. The Bertz CT molecular complexity index is 1180. The average Bonchev–Trinajstić information content (AvgIpc) is 3.04. The van der Waals surface area contributed by atoms with E-state index in [4.69, 9.17) is 4.74 Å². The van der Waals surface area contributed by atoms with Crippen LogP contribution in [0, 0.1) is 10.1 Å². The number of ether oxygens (including phenoxy) is 1. The number of hydrogen-bond donors (Lipinski definition) is 2. The number of hydrogen-bond acceptors (Lipinski definition) is 6. The van der Waals surface area contributed by atoms with Gasteiger partial charge < -0.3 is 14.9 Å². The predicted octanol–water partition coefficient (Wildman–Crippen LogP) is 4.95. The molecule has 0 saturated carbocycles. The van der Waals surface area contributed by atoms with Crippen LogP contribution in [0.15, 0.2) is 84.3 Å². The molecule has 0 spiro atoms. The number of aliphatic hydroxyl groups excluding tert-OH is 2. The van der Waals surface area contributed by atoms with Crippen LogP contribution in [-0.4, -0.2) is 21.1 Å². The summed E-state index contributed by atoms with van der Waals surface area (Å²) >= 11 is 0. The summed E-state index contributed by atoms with van der Waals surface area (Å²) in [5, 5.41) is 31.6. The first-order chi connectivity index (χ1) is 14.9. The number of aryl methyl sites for hydroxylation is 1. The van der Waals surface area contributed by atoms with Gasteiger partial charge >= 0.3 is 5.97 Å². The fraction of sp³-hybridized carbons (Fsp3) is 0.125. The van der Waals surface area contributed by atoms with Crippen LogP contribution >= 0.6 is 0 Å². The Hall–Kier alpha value is -4.13. The summed E-state index contributed by atoms with van der Waals surface area (Å²) < 4.78 is 5.44. The number of nitro benzene ring substituents is 1. The summed E-state index contributed by atoms with van der Waals surface area (Å²) in [7, 11) is 0. The first-order valence-electron chi connectivity index (χ1n) is 9.67. The lowest BCUT2D eigenvalue weighted by atomic mass is 9.84. The van der Waals surface area contributed by atoms with E-state index in [2.05, 4.69) is 6.92 Å². The van der Waals surface area contributed by atoms with Crippen molar-refractivity contribution in [3.8, 4) is 11.1 Å². The molecule has 31 heavy (non-hydrogen) atoms. The normalized spacial score (nSPS) is 18.2. The first-order valence-corrected chi connectivity index (χ1v) is 9.67. The van der Waals surface area contributed by atoms with Gasteiger partial charge in [-0.05, 0) is 35.2 Å². The Morgan fingerprint density at radius 2 is 1.35 bits per heavy atom. The smallest absolute Gasteiger partial charge is 0.378 e. The third-order valence-electron chi connectivity index (χ3n) is 5.47. The molecule has 0 saturated heterocycles. The van der Waals surface area contributed by atoms with Crippen LogP contribution < -0.4 is 0 Å². The molecule has 1 unspecified atom stereocenters. The van der Waals surface area contributed by atoms with E-state index in [0.717, 1.165) is 17.5 Å². The molecule has 3 aromatic rings. The summed E-state index contributed by atoms with van der Waals surface area (Å²) in [6.45, 7) is 2.08. The van der Waals surface area contributed by atoms with Crippen LogP contribution in [0.4, 0.5) is 5.69 Å². The highest BCUT2D eigenvalue weighted by Gasteiger charge is 2.52. The van der Waals surface area contributed by atoms with Gasteiger partial charge in [0.1, 0.15) is 0 Å². The number of esters is 1. The summed E-state index contributed by atoms with van der Waals surface area (Å²) in [6.07, 6.45) is 0.942. The maximum absolute atomic E-state index is 12.1. The van der Waals surface area contributed by atoms with E-state index < -0.39 is 28.0 Å². The van der Waals surface area contributed by atoms with Crippen molar-refractivity contribution < 1.29 is 24.7 Å². The van der Waals surface area contributed by atoms with Gasteiger partial charge in [-0.1, -0.05) is 55.5 Å². The van der Waals surface area contributed by atoms with E-state index >= 15 is 0 Å². The summed E-state index contributed by atoms with van der Waals surface area (Å²) in [6, 6.07) is 20.4. The zero-order chi connectivity index (χ0) is 22.2. The molecule has 0 fully saturated rings. The van der Waals surface area contributed by atoms with Crippen molar-refractivity contribution in [1.29, 1.82) is 0 Å². The maximum atomic E-state index is 12.1. The first kappa shape index (κ1) is 20.2. The molecule has 4 rings (SSSR count). The average molecular weight is 417 g/mol.